The summed E-state index contributed by atoms with van der Waals surface area (Å²) in [6.45, 7) is 0.415. The summed E-state index contributed by atoms with van der Waals surface area (Å²) in [5, 5.41) is 22.2. The summed E-state index contributed by atoms with van der Waals surface area (Å²) in [6.07, 6.45) is 7.39. The molecule has 1 fully saturated rings. The van der Waals surface area contributed by atoms with Gasteiger partial charge in [-0.25, -0.2) is 9.69 Å². The molecule has 1 atom stereocenters. The van der Waals surface area contributed by atoms with Crippen LogP contribution >= 0.6 is 0 Å². The van der Waals surface area contributed by atoms with Gasteiger partial charge in [-0.3, -0.25) is 9.59 Å². The maximum atomic E-state index is 12.5. The summed E-state index contributed by atoms with van der Waals surface area (Å²) in [5.74, 6) is 1.92. The maximum Gasteiger partial charge on any atom is 0.329 e. The van der Waals surface area contributed by atoms with Crippen molar-refractivity contribution in [3.63, 3.8) is 0 Å². The minimum Gasteiger partial charge on any atom is -0.356 e. The van der Waals surface area contributed by atoms with Crippen LogP contribution in [0.3, 0.4) is 0 Å². The van der Waals surface area contributed by atoms with Gasteiger partial charge in [0.05, 0.1) is 17.3 Å². The standard InChI is InChI=1S/C20H20N6O3/c1-2-3-10-20(24-25-20)11-12-22-17(27)9-8-16-18(28)26(19(29)23-16)15-6-4-14(13-21)5-7-15/h1,4-7,16H,3,8-12H2,(H,22,27)(H,23,29). The first-order valence-electron chi connectivity index (χ1n) is 9.27. The molecule has 3 rings (SSSR count). The van der Waals surface area contributed by atoms with E-state index in [1.165, 1.54) is 24.3 Å². The number of terminal acetylenes is 1. The summed E-state index contributed by atoms with van der Waals surface area (Å²) >= 11 is 0. The molecule has 148 valence electrons. The third-order valence-corrected chi connectivity index (χ3v) is 4.83. The number of nitrogens with zero attached hydrogens (tertiary/aromatic N) is 4. The molecule has 4 amide bonds. The van der Waals surface area contributed by atoms with E-state index in [9.17, 15) is 14.4 Å². The van der Waals surface area contributed by atoms with Crippen molar-refractivity contribution in [3.05, 3.63) is 29.8 Å². The predicted octanol–water partition coefficient (Wildman–Crippen LogP) is 1.85. The molecule has 0 saturated carbocycles. The van der Waals surface area contributed by atoms with Gasteiger partial charge in [-0.2, -0.15) is 15.5 Å². The molecule has 2 heterocycles. The van der Waals surface area contributed by atoms with Crippen molar-refractivity contribution in [2.24, 2.45) is 10.2 Å². The second-order valence-corrected chi connectivity index (χ2v) is 6.86. The smallest absolute Gasteiger partial charge is 0.329 e. The number of nitriles is 1. The molecular weight excluding hydrogens is 372 g/mol. The summed E-state index contributed by atoms with van der Waals surface area (Å²) in [4.78, 5) is 37.8. The van der Waals surface area contributed by atoms with Gasteiger partial charge in [0.25, 0.3) is 5.91 Å². The van der Waals surface area contributed by atoms with Gasteiger partial charge in [0.1, 0.15) is 6.04 Å². The van der Waals surface area contributed by atoms with Crippen LogP contribution in [0.5, 0.6) is 0 Å². The summed E-state index contributed by atoms with van der Waals surface area (Å²) < 4.78 is 0. The zero-order valence-electron chi connectivity index (χ0n) is 15.7. The number of amides is 4. The van der Waals surface area contributed by atoms with Crippen molar-refractivity contribution in [1.82, 2.24) is 10.6 Å². The minimum absolute atomic E-state index is 0.101. The van der Waals surface area contributed by atoms with Gasteiger partial charge in [0, 0.05) is 32.2 Å². The molecule has 9 nitrogen and oxygen atoms in total. The van der Waals surface area contributed by atoms with E-state index in [2.05, 4.69) is 26.8 Å². The second kappa shape index (κ2) is 8.53. The lowest BCUT2D eigenvalue weighted by Crippen LogP contribution is -2.33. The molecule has 2 aliphatic heterocycles. The van der Waals surface area contributed by atoms with Crippen molar-refractivity contribution >= 4 is 23.5 Å². The van der Waals surface area contributed by atoms with Crippen LogP contribution in [0.4, 0.5) is 10.5 Å². The van der Waals surface area contributed by atoms with Crippen molar-refractivity contribution in [2.75, 3.05) is 11.4 Å². The molecule has 9 heteroatoms. The molecule has 2 N–H and O–H groups in total. The van der Waals surface area contributed by atoms with Gasteiger partial charge in [0.15, 0.2) is 5.66 Å². The zero-order valence-corrected chi connectivity index (χ0v) is 15.7. The number of nitrogens with one attached hydrogen (secondary N) is 2. The van der Waals surface area contributed by atoms with E-state index in [1.54, 1.807) is 0 Å². The lowest BCUT2D eigenvalue weighted by Gasteiger charge is -2.13. The van der Waals surface area contributed by atoms with Gasteiger partial charge < -0.3 is 10.6 Å². The Hall–Kier alpha value is -3.72. The third-order valence-electron chi connectivity index (χ3n) is 4.83. The predicted molar refractivity (Wildman–Crippen MR) is 103 cm³/mol. The average molecular weight is 392 g/mol. The Balaban J connectivity index is 1.44. The van der Waals surface area contributed by atoms with E-state index in [0.717, 1.165) is 4.90 Å². The topological polar surface area (TPSA) is 127 Å². The molecule has 0 bridgehead atoms. The van der Waals surface area contributed by atoms with E-state index < -0.39 is 23.6 Å². The number of carbonyl (C=O) groups excluding carboxylic acids is 3. The van der Waals surface area contributed by atoms with E-state index in [0.29, 0.717) is 37.1 Å². The Morgan fingerprint density at radius 3 is 2.62 bits per heavy atom. The average Bonchev–Trinajstić information content (AvgIpc) is 3.43. The Kier molecular flexibility index (Phi) is 5.89. The lowest BCUT2D eigenvalue weighted by molar-refractivity contribution is -0.121. The monoisotopic (exact) mass is 392 g/mol. The van der Waals surface area contributed by atoms with Crippen LogP contribution in [-0.4, -0.2) is 36.1 Å². The molecule has 0 aliphatic carbocycles. The molecule has 1 unspecified atom stereocenters. The number of anilines is 1. The SMILES string of the molecule is C#CCCC1(CCNC(=O)CCC2NC(=O)N(c3ccc(C#N)cc3)C2=O)N=N1. The van der Waals surface area contributed by atoms with Crippen LogP contribution in [0.2, 0.25) is 0 Å². The molecule has 29 heavy (non-hydrogen) atoms. The molecule has 1 aromatic carbocycles. The molecule has 2 aliphatic rings. The van der Waals surface area contributed by atoms with Crippen LogP contribution in [0.15, 0.2) is 34.5 Å². The van der Waals surface area contributed by atoms with Crippen LogP contribution in [-0.2, 0) is 9.59 Å². The Bertz CT molecular complexity index is 919. The van der Waals surface area contributed by atoms with Crippen molar-refractivity contribution < 1.29 is 14.4 Å². The highest BCUT2D eigenvalue weighted by Crippen LogP contribution is 2.36. The summed E-state index contributed by atoms with van der Waals surface area (Å²) in [7, 11) is 0. The highest BCUT2D eigenvalue weighted by Gasteiger charge is 2.40. The van der Waals surface area contributed by atoms with Gasteiger partial charge in [0.2, 0.25) is 5.91 Å². The highest BCUT2D eigenvalue weighted by atomic mass is 16.2. The number of imide groups is 1. The van der Waals surface area contributed by atoms with Crippen LogP contribution < -0.4 is 15.5 Å². The van der Waals surface area contributed by atoms with E-state index in [-0.39, 0.29) is 18.7 Å². The first kappa shape index (κ1) is 20.0. The van der Waals surface area contributed by atoms with Gasteiger partial charge in [-0.1, -0.05) is 0 Å². The maximum absolute atomic E-state index is 12.5. The highest BCUT2D eigenvalue weighted by molar-refractivity contribution is 6.21. The number of hydrogen-bond donors (Lipinski definition) is 2. The normalized spacial score (nSPS) is 18.7. The Labute approximate surface area is 168 Å². The molecule has 0 aromatic heterocycles. The van der Waals surface area contributed by atoms with Crippen molar-refractivity contribution in [1.29, 1.82) is 5.26 Å². The zero-order chi connectivity index (χ0) is 20.9. The molecule has 0 radical (unpaired) electrons. The number of hydrogen-bond acceptors (Lipinski definition) is 6. The van der Waals surface area contributed by atoms with E-state index in [1.807, 2.05) is 6.07 Å². The lowest BCUT2D eigenvalue weighted by atomic mass is 10.0. The first-order chi connectivity index (χ1) is 14.0. The molecule has 1 aromatic rings. The Morgan fingerprint density at radius 1 is 1.28 bits per heavy atom. The minimum atomic E-state index is -0.765. The summed E-state index contributed by atoms with van der Waals surface area (Å²) in [5.41, 5.74) is 0.367. The molecule has 0 spiro atoms. The first-order valence-corrected chi connectivity index (χ1v) is 9.27. The van der Waals surface area contributed by atoms with Gasteiger partial charge in [-0.05, 0) is 30.7 Å². The van der Waals surface area contributed by atoms with Crippen molar-refractivity contribution in [3.8, 4) is 18.4 Å². The fourth-order valence-electron chi connectivity index (χ4n) is 3.09. The van der Waals surface area contributed by atoms with Gasteiger partial charge in [-0.15, -0.1) is 12.3 Å². The Morgan fingerprint density at radius 2 is 2.00 bits per heavy atom. The number of rotatable bonds is 9. The second-order valence-electron chi connectivity index (χ2n) is 6.86. The quantitative estimate of drug-likeness (QED) is 0.491. The van der Waals surface area contributed by atoms with Crippen LogP contribution in [0, 0.1) is 23.7 Å². The number of carbonyl (C=O) groups is 3. The van der Waals surface area contributed by atoms with Crippen LogP contribution in [0.1, 0.15) is 37.7 Å². The van der Waals surface area contributed by atoms with E-state index in [4.69, 9.17) is 11.7 Å². The molecule has 1 saturated heterocycles. The largest absolute Gasteiger partial charge is 0.356 e. The number of benzene rings is 1. The fourth-order valence-corrected chi connectivity index (χ4v) is 3.09. The van der Waals surface area contributed by atoms with Gasteiger partial charge >= 0.3 is 6.03 Å². The third kappa shape index (κ3) is 4.77. The van der Waals surface area contributed by atoms with Crippen molar-refractivity contribution in [2.45, 2.75) is 43.8 Å². The fraction of sp³-hybridized carbons (Fsp3) is 0.400. The summed E-state index contributed by atoms with van der Waals surface area (Å²) in [6, 6.07) is 6.81. The number of urea groups is 1. The van der Waals surface area contributed by atoms with E-state index >= 15 is 0 Å². The van der Waals surface area contributed by atoms with Crippen LogP contribution in [0.25, 0.3) is 0 Å². The molecular formula is C20H20N6O3.